The third-order valence-electron chi connectivity index (χ3n) is 5.28. The molecule has 2 heterocycles. The van der Waals surface area contributed by atoms with E-state index in [1.54, 1.807) is 0 Å². The molecule has 4 nitrogen and oxygen atoms in total. The van der Waals surface area contributed by atoms with Gasteiger partial charge in [-0.2, -0.15) is 0 Å². The Hall–Kier alpha value is -0.940. The van der Waals surface area contributed by atoms with Crippen molar-refractivity contribution in [3.05, 3.63) is 36.0 Å². The van der Waals surface area contributed by atoms with E-state index >= 15 is 0 Å². The molecule has 5 atom stereocenters. The van der Waals surface area contributed by atoms with E-state index < -0.39 is 5.54 Å². The van der Waals surface area contributed by atoms with Crippen LogP contribution in [0.2, 0.25) is 0 Å². The van der Waals surface area contributed by atoms with Gasteiger partial charge in [0, 0.05) is 12.0 Å². The summed E-state index contributed by atoms with van der Waals surface area (Å²) in [6.45, 7) is 13.0. The number of fused-ring (bicyclic) bond motifs is 1. The zero-order valence-electron chi connectivity index (χ0n) is 13.3. The predicted octanol–water partition coefficient (Wildman–Crippen LogP) is 1.88. The summed E-state index contributed by atoms with van der Waals surface area (Å²) in [7, 11) is 0. The van der Waals surface area contributed by atoms with Gasteiger partial charge in [0.15, 0.2) is 6.29 Å². The van der Waals surface area contributed by atoms with E-state index in [2.05, 4.69) is 38.7 Å². The Bertz CT molecular complexity index is 523. The molecular weight excluding hydrogens is 264 g/mol. The lowest BCUT2D eigenvalue weighted by atomic mass is 9.67. The molecule has 2 fully saturated rings. The summed E-state index contributed by atoms with van der Waals surface area (Å²) in [5.41, 5.74) is 8.38. The molecule has 0 amide bonds. The lowest BCUT2D eigenvalue weighted by Gasteiger charge is -2.50. The van der Waals surface area contributed by atoms with Gasteiger partial charge in [-0.05, 0) is 38.8 Å². The Labute approximate surface area is 127 Å². The van der Waals surface area contributed by atoms with Crippen molar-refractivity contribution in [3.63, 3.8) is 0 Å². The predicted molar refractivity (Wildman–Crippen MR) is 83.7 cm³/mol. The van der Waals surface area contributed by atoms with Gasteiger partial charge in [-0.3, -0.25) is 0 Å². The molecule has 3 rings (SSSR count). The third-order valence-corrected chi connectivity index (χ3v) is 5.28. The normalized spacial score (nSPS) is 45.4. The molecule has 1 aliphatic carbocycles. The number of allylic oxidation sites excluding steroid dienone is 2. The van der Waals surface area contributed by atoms with Gasteiger partial charge in [-0.1, -0.05) is 24.8 Å². The Morgan fingerprint density at radius 1 is 1.38 bits per heavy atom. The summed E-state index contributed by atoms with van der Waals surface area (Å²) >= 11 is 0. The number of rotatable bonds is 1. The maximum absolute atomic E-state index is 6.95. The molecule has 0 aromatic rings. The van der Waals surface area contributed by atoms with E-state index in [-0.39, 0.29) is 29.9 Å². The van der Waals surface area contributed by atoms with Crippen LogP contribution in [0.1, 0.15) is 27.7 Å². The summed E-state index contributed by atoms with van der Waals surface area (Å²) < 4.78 is 11.8. The third kappa shape index (κ3) is 2.13. The second kappa shape index (κ2) is 4.78. The highest BCUT2D eigenvalue weighted by molar-refractivity contribution is 5.50. The van der Waals surface area contributed by atoms with Crippen molar-refractivity contribution in [3.8, 4) is 0 Å². The van der Waals surface area contributed by atoms with E-state index in [1.807, 2.05) is 19.1 Å². The zero-order chi connectivity index (χ0) is 15.4. The van der Waals surface area contributed by atoms with Crippen molar-refractivity contribution in [2.75, 3.05) is 6.61 Å². The fourth-order valence-electron chi connectivity index (χ4n) is 4.09. The molecule has 3 N–H and O–H groups in total. The van der Waals surface area contributed by atoms with Crippen LogP contribution in [0.15, 0.2) is 36.0 Å². The van der Waals surface area contributed by atoms with Crippen LogP contribution in [-0.2, 0) is 9.47 Å². The van der Waals surface area contributed by atoms with Gasteiger partial charge in [0.2, 0.25) is 0 Å². The van der Waals surface area contributed by atoms with E-state index in [9.17, 15) is 0 Å². The molecule has 21 heavy (non-hydrogen) atoms. The maximum Gasteiger partial charge on any atom is 0.155 e. The molecule has 3 unspecified atom stereocenters. The Kier molecular flexibility index (Phi) is 3.41. The van der Waals surface area contributed by atoms with Crippen LogP contribution >= 0.6 is 0 Å². The lowest BCUT2D eigenvalue weighted by Crippen LogP contribution is -2.65. The first-order valence-corrected chi connectivity index (χ1v) is 7.68. The molecule has 0 spiro atoms. The maximum atomic E-state index is 6.95. The van der Waals surface area contributed by atoms with Crippen LogP contribution in [0.4, 0.5) is 0 Å². The molecule has 0 radical (unpaired) electrons. The average Bonchev–Trinajstić information content (AvgIpc) is 2.63. The van der Waals surface area contributed by atoms with Crippen molar-refractivity contribution in [1.29, 1.82) is 0 Å². The van der Waals surface area contributed by atoms with Gasteiger partial charge in [-0.15, -0.1) is 0 Å². The fraction of sp³-hybridized carbons (Fsp3) is 0.647. The van der Waals surface area contributed by atoms with E-state index in [0.29, 0.717) is 6.61 Å². The second-order valence-corrected chi connectivity index (χ2v) is 6.99. The summed E-state index contributed by atoms with van der Waals surface area (Å²) in [6.07, 6.45) is 6.02. The largest absolute Gasteiger partial charge is 0.352 e. The number of nitrogens with one attached hydrogen (secondary N) is 1. The van der Waals surface area contributed by atoms with Gasteiger partial charge < -0.3 is 20.5 Å². The van der Waals surface area contributed by atoms with Crippen LogP contribution in [0, 0.1) is 5.92 Å². The van der Waals surface area contributed by atoms with E-state index in [4.69, 9.17) is 15.2 Å². The SMILES string of the molecule is C=C1C=CC=C2C1N[C@@H](C)[C@@]2(N)C1COC(C)OC1(C)C. The minimum Gasteiger partial charge on any atom is -0.352 e. The quantitative estimate of drug-likeness (QED) is 0.774. The Balaban J connectivity index is 2.01. The number of hydrogen-bond acceptors (Lipinski definition) is 4. The van der Waals surface area contributed by atoms with Crippen LogP contribution in [0.25, 0.3) is 0 Å². The van der Waals surface area contributed by atoms with Crippen LogP contribution in [0.5, 0.6) is 0 Å². The van der Waals surface area contributed by atoms with Crippen molar-refractivity contribution in [2.24, 2.45) is 11.7 Å². The Morgan fingerprint density at radius 2 is 2.10 bits per heavy atom. The first kappa shape index (κ1) is 15.0. The standard InChI is InChI=1S/C17H26N2O2/c1-10-7-6-8-13-15(10)19-11(2)17(13,18)14-9-20-12(3)21-16(14,4)5/h6-8,11-12,14-15,19H,1,9,18H2,2-5H3/t11-,12?,14?,15?,17-/m0/s1. The van der Waals surface area contributed by atoms with Crippen LogP contribution < -0.4 is 11.1 Å². The monoisotopic (exact) mass is 290 g/mol. The van der Waals surface area contributed by atoms with Gasteiger partial charge in [-0.25, -0.2) is 0 Å². The average molecular weight is 290 g/mol. The highest BCUT2D eigenvalue weighted by atomic mass is 16.7. The number of hydrogen-bond donors (Lipinski definition) is 2. The highest BCUT2D eigenvalue weighted by Gasteiger charge is 2.57. The molecule has 0 aromatic carbocycles. The molecule has 0 aromatic heterocycles. The summed E-state index contributed by atoms with van der Waals surface area (Å²) in [5.74, 6) is 0.0826. The fourth-order valence-corrected chi connectivity index (χ4v) is 4.09. The summed E-state index contributed by atoms with van der Waals surface area (Å²) in [4.78, 5) is 0. The van der Waals surface area contributed by atoms with Gasteiger partial charge in [0.25, 0.3) is 0 Å². The first-order valence-electron chi connectivity index (χ1n) is 7.68. The summed E-state index contributed by atoms with van der Waals surface area (Å²) in [5, 5.41) is 3.59. The number of nitrogens with two attached hydrogens (primary N) is 1. The molecule has 3 aliphatic rings. The van der Waals surface area contributed by atoms with Crippen LogP contribution in [0.3, 0.4) is 0 Å². The molecule has 116 valence electrons. The zero-order valence-corrected chi connectivity index (χ0v) is 13.3. The summed E-state index contributed by atoms with van der Waals surface area (Å²) in [6, 6.07) is 0.264. The van der Waals surface area contributed by atoms with E-state index in [1.165, 1.54) is 5.57 Å². The lowest BCUT2D eigenvalue weighted by molar-refractivity contribution is -0.271. The minimum atomic E-state index is -0.498. The van der Waals surface area contributed by atoms with Crippen molar-refractivity contribution in [1.82, 2.24) is 5.32 Å². The van der Waals surface area contributed by atoms with Gasteiger partial charge in [0.05, 0.1) is 23.8 Å². The Morgan fingerprint density at radius 3 is 2.76 bits per heavy atom. The molecule has 0 bridgehead atoms. The second-order valence-electron chi connectivity index (χ2n) is 6.99. The molecule has 2 aliphatic heterocycles. The first-order chi connectivity index (χ1) is 9.76. The van der Waals surface area contributed by atoms with Crippen LogP contribution in [-0.4, -0.2) is 36.1 Å². The van der Waals surface area contributed by atoms with Gasteiger partial charge >= 0.3 is 0 Å². The molecule has 0 saturated carbocycles. The minimum absolute atomic E-state index is 0.0826. The molecule has 4 heteroatoms. The van der Waals surface area contributed by atoms with Gasteiger partial charge in [0.1, 0.15) is 0 Å². The highest BCUT2D eigenvalue weighted by Crippen LogP contribution is 2.46. The van der Waals surface area contributed by atoms with Crippen molar-refractivity contribution >= 4 is 0 Å². The van der Waals surface area contributed by atoms with Crippen molar-refractivity contribution in [2.45, 2.75) is 57.2 Å². The van der Waals surface area contributed by atoms with Crippen molar-refractivity contribution < 1.29 is 9.47 Å². The van der Waals surface area contributed by atoms with E-state index in [0.717, 1.165) is 5.57 Å². The molecule has 2 saturated heterocycles. The molecular formula is C17H26N2O2. The number of ether oxygens (including phenoxy) is 2. The smallest absolute Gasteiger partial charge is 0.155 e. The topological polar surface area (TPSA) is 56.5 Å².